The lowest BCUT2D eigenvalue weighted by Crippen LogP contribution is -2.21. The van der Waals surface area contributed by atoms with Crippen LogP contribution in [0.5, 0.6) is 11.5 Å². The summed E-state index contributed by atoms with van der Waals surface area (Å²) in [6.07, 6.45) is 1.61. The van der Waals surface area contributed by atoms with Gasteiger partial charge in [-0.25, -0.2) is 5.43 Å². The van der Waals surface area contributed by atoms with Crippen LogP contribution in [-0.2, 0) is 9.59 Å². The second-order valence-corrected chi connectivity index (χ2v) is 8.44. The number of hydrogen-bond donors (Lipinski definition) is 2. The van der Waals surface area contributed by atoms with Gasteiger partial charge in [-0.1, -0.05) is 12.1 Å². The van der Waals surface area contributed by atoms with Gasteiger partial charge in [0.05, 0.1) is 23.4 Å². The lowest BCUT2D eigenvalue weighted by atomic mass is 10.1. The molecule has 8 heteroatoms. The third kappa shape index (κ3) is 8.00. The molecule has 0 unspecified atom stereocenters. The summed E-state index contributed by atoms with van der Waals surface area (Å²) in [5.41, 5.74) is 5.97. The molecule has 2 aromatic carbocycles. The minimum atomic E-state index is -0.346. The first-order valence-electron chi connectivity index (χ1n) is 10.5. The highest BCUT2D eigenvalue weighted by Crippen LogP contribution is 2.37. The van der Waals surface area contributed by atoms with E-state index in [1.54, 1.807) is 6.07 Å². The van der Waals surface area contributed by atoms with Gasteiger partial charge in [0.25, 0.3) is 0 Å². The molecule has 172 valence electrons. The van der Waals surface area contributed by atoms with Crippen LogP contribution in [0.3, 0.4) is 0 Å². The lowest BCUT2D eigenvalue weighted by Gasteiger charge is -2.16. The summed E-state index contributed by atoms with van der Waals surface area (Å²) < 4.78 is 12.2. The van der Waals surface area contributed by atoms with E-state index in [1.807, 2.05) is 58.9 Å². The van der Waals surface area contributed by atoms with Crippen LogP contribution < -0.4 is 20.2 Å². The number of ether oxygens (including phenoxy) is 2. The molecule has 0 aliphatic heterocycles. The van der Waals surface area contributed by atoms with Crippen molar-refractivity contribution in [2.75, 3.05) is 11.9 Å². The number of nitrogens with zero attached hydrogens (tertiary/aromatic N) is 1. The van der Waals surface area contributed by atoms with Crippen LogP contribution >= 0.6 is 15.9 Å². The van der Waals surface area contributed by atoms with Crippen LogP contribution in [0.15, 0.2) is 39.9 Å². The molecular weight excluding hydrogens is 474 g/mol. The van der Waals surface area contributed by atoms with E-state index in [0.29, 0.717) is 18.1 Å². The first-order chi connectivity index (χ1) is 15.2. The molecule has 2 aromatic rings. The largest absolute Gasteiger partial charge is 0.490 e. The number of amides is 2. The second-order valence-electron chi connectivity index (χ2n) is 7.59. The number of nitrogens with one attached hydrogen (secondary N) is 2. The van der Waals surface area contributed by atoms with E-state index in [-0.39, 0.29) is 30.8 Å². The zero-order valence-corrected chi connectivity index (χ0v) is 20.7. The van der Waals surface area contributed by atoms with Crippen molar-refractivity contribution in [1.82, 2.24) is 5.43 Å². The number of carbonyl (C=O) groups excluding carboxylic acids is 2. The third-order valence-electron chi connectivity index (χ3n) is 4.33. The van der Waals surface area contributed by atoms with Crippen LogP contribution in [0, 0.1) is 13.8 Å². The van der Waals surface area contributed by atoms with Gasteiger partial charge in [-0.3, -0.25) is 9.59 Å². The Hall–Kier alpha value is -2.87. The van der Waals surface area contributed by atoms with Crippen LogP contribution in [0.2, 0.25) is 0 Å². The summed E-state index contributed by atoms with van der Waals surface area (Å²) in [7, 11) is 0. The average molecular weight is 504 g/mol. The first-order valence-corrected chi connectivity index (χ1v) is 11.3. The fraction of sp³-hybridized carbons (Fsp3) is 0.375. The Labute approximate surface area is 197 Å². The van der Waals surface area contributed by atoms with Gasteiger partial charge in [0.2, 0.25) is 11.8 Å². The third-order valence-corrected chi connectivity index (χ3v) is 4.92. The van der Waals surface area contributed by atoms with Crippen LogP contribution in [0.1, 0.15) is 50.3 Å². The summed E-state index contributed by atoms with van der Waals surface area (Å²) in [5, 5.41) is 6.83. The molecule has 0 fully saturated rings. The standard InChI is InChI=1S/C24H30BrN3O4/c1-6-31-21-13-18(12-19(25)24(21)32-15(2)3)14-26-28-23(30)10-9-22(29)27-20-11-16(4)7-8-17(20)5/h7-8,11-15H,6,9-10H2,1-5H3,(H,27,29)(H,28,30). The lowest BCUT2D eigenvalue weighted by molar-refractivity contribution is -0.124. The summed E-state index contributed by atoms with van der Waals surface area (Å²) in [6, 6.07) is 9.46. The summed E-state index contributed by atoms with van der Waals surface area (Å²) >= 11 is 3.50. The van der Waals surface area contributed by atoms with E-state index in [2.05, 4.69) is 31.8 Å². The topological polar surface area (TPSA) is 89.0 Å². The number of carbonyl (C=O) groups is 2. The number of aryl methyl sites for hydroxylation is 2. The summed E-state index contributed by atoms with van der Waals surface area (Å²) in [6.45, 7) is 10.1. The normalized spacial score (nSPS) is 11.0. The van der Waals surface area contributed by atoms with E-state index < -0.39 is 0 Å². The smallest absolute Gasteiger partial charge is 0.240 e. The number of benzene rings is 2. The average Bonchev–Trinajstić information content (AvgIpc) is 2.72. The molecule has 0 saturated heterocycles. The van der Waals surface area contributed by atoms with Gasteiger partial charge in [0.1, 0.15) is 0 Å². The number of anilines is 1. The quantitative estimate of drug-likeness (QED) is 0.347. The molecule has 0 radical (unpaired) electrons. The van der Waals surface area contributed by atoms with E-state index in [9.17, 15) is 9.59 Å². The Morgan fingerprint density at radius 3 is 2.53 bits per heavy atom. The van der Waals surface area contributed by atoms with Gasteiger partial charge in [0, 0.05) is 18.5 Å². The van der Waals surface area contributed by atoms with E-state index in [4.69, 9.17) is 9.47 Å². The van der Waals surface area contributed by atoms with E-state index >= 15 is 0 Å². The molecule has 0 aliphatic rings. The molecule has 0 saturated carbocycles. The highest BCUT2D eigenvalue weighted by atomic mass is 79.9. The van der Waals surface area contributed by atoms with Crippen molar-refractivity contribution >= 4 is 39.6 Å². The van der Waals surface area contributed by atoms with Gasteiger partial charge in [-0.2, -0.15) is 5.10 Å². The molecule has 2 N–H and O–H groups in total. The van der Waals surface area contributed by atoms with Crippen molar-refractivity contribution < 1.29 is 19.1 Å². The Kier molecular flexibility index (Phi) is 9.71. The van der Waals surface area contributed by atoms with Gasteiger partial charge in [-0.15, -0.1) is 0 Å². The van der Waals surface area contributed by atoms with E-state index in [1.165, 1.54) is 6.21 Å². The van der Waals surface area contributed by atoms with Crippen LogP contribution in [-0.4, -0.2) is 30.7 Å². The van der Waals surface area contributed by atoms with Gasteiger partial charge in [0.15, 0.2) is 11.5 Å². The van der Waals surface area contributed by atoms with Crippen molar-refractivity contribution in [2.45, 2.75) is 53.6 Å². The van der Waals surface area contributed by atoms with Gasteiger partial charge >= 0.3 is 0 Å². The molecule has 0 bridgehead atoms. The minimum absolute atomic E-state index is 0.00339. The number of halogens is 1. The highest BCUT2D eigenvalue weighted by Gasteiger charge is 2.13. The van der Waals surface area contributed by atoms with Gasteiger partial charge < -0.3 is 14.8 Å². The predicted molar refractivity (Wildman–Crippen MR) is 131 cm³/mol. The molecule has 7 nitrogen and oxygen atoms in total. The molecular formula is C24H30BrN3O4. The number of hydrazone groups is 1. The molecule has 0 heterocycles. The van der Waals surface area contributed by atoms with Crippen LogP contribution in [0.25, 0.3) is 0 Å². The van der Waals surface area contributed by atoms with Gasteiger partial charge in [-0.05, 0) is 85.4 Å². The Bertz CT molecular complexity index is 989. The molecule has 0 atom stereocenters. The minimum Gasteiger partial charge on any atom is -0.490 e. The maximum atomic E-state index is 12.2. The molecule has 0 aromatic heterocycles. The highest BCUT2D eigenvalue weighted by molar-refractivity contribution is 9.10. The van der Waals surface area contributed by atoms with Crippen molar-refractivity contribution in [3.05, 3.63) is 51.5 Å². The number of hydrogen-bond acceptors (Lipinski definition) is 5. The molecule has 2 rings (SSSR count). The number of rotatable bonds is 10. The molecule has 32 heavy (non-hydrogen) atoms. The monoisotopic (exact) mass is 503 g/mol. The Morgan fingerprint density at radius 2 is 1.84 bits per heavy atom. The SMILES string of the molecule is CCOc1cc(C=NNC(=O)CCC(=O)Nc2cc(C)ccc2C)cc(Br)c1OC(C)C. The van der Waals surface area contributed by atoms with Crippen molar-refractivity contribution in [2.24, 2.45) is 5.10 Å². The first kappa shape index (κ1) is 25.4. The predicted octanol–water partition coefficient (Wildman–Crippen LogP) is 5.12. The Balaban J connectivity index is 1.91. The van der Waals surface area contributed by atoms with Crippen molar-refractivity contribution in [1.29, 1.82) is 0 Å². The Morgan fingerprint density at radius 1 is 1.12 bits per heavy atom. The fourth-order valence-corrected chi connectivity index (χ4v) is 3.37. The maximum Gasteiger partial charge on any atom is 0.240 e. The van der Waals surface area contributed by atoms with Crippen molar-refractivity contribution in [3.63, 3.8) is 0 Å². The molecule has 0 spiro atoms. The van der Waals surface area contributed by atoms with E-state index in [0.717, 1.165) is 26.9 Å². The fourth-order valence-electron chi connectivity index (χ4n) is 2.82. The molecule has 2 amide bonds. The zero-order chi connectivity index (χ0) is 23.7. The van der Waals surface area contributed by atoms with Crippen LogP contribution in [0.4, 0.5) is 5.69 Å². The maximum absolute atomic E-state index is 12.2. The molecule has 0 aliphatic carbocycles. The summed E-state index contributed by atoms with van der Waals surface area (Å²) in [4.78, 5) is 24.2. The second kappa shape index (κ2) is 12.2. The summed E-state index contributed by atoms with van der Waals surface area (Å²) in [5.74, 6) is 0.648. The van der Waals surface area contributed by atoms with Crippen molar-refractivity contribution in [3.8, 4) is 11.5 Å². The zero-order valence-electron chi connectivity index (χ0n) is 19.1.